The lowest BCUT2D eigenvalue weighted by Gasteiger charge is -2.19. The predicted octanol–water partition coefficient (Wildman–Crippen LogP) is 1.66. The Labute approximate surface area is 117 Å². The molecule has 1 aliphatic rings. The SMILES string of the molecule is Nc1ccc([N+](=O)[O-])c2c1C(=O)c1cccc(O)c1C2=O. The number of carbonyl (C=O) groups excluding carboxylic acids is 2. The van der Waals surface area contributed by atoms with Crippen molar-refractivity contribution in [3.63, 3.8) is 0 Å². The van der Waals surface area contributed by atoms with E-state index in [-0.39, 0.29) is 27.9 Å². The van der Waals surface area contributed by atoms with Crippen LogP contribution in [-0.2, 0) is 0 Å². The van der Waals surface area contributed by atoms with Gasteiger partial charge < -0.3 is 10.8 Å². The van der Waals surface area contributed by atoms with Crippen LogP contribution in [0.4, 0.5) is 11.4 Å². The number of hydrogen-bond donors (Lipinski definition) is 2. The van der Waals surface area contributed by atoms with Gasteiger partial charge in [0.25, 0.3) is 5.69 Å². The van der Waals surface area contributed by atoms with E-state index in [1.807, 2.05) is 0 Å². The van der Waals surface area contributed by atoms with Crippen molar-refractivity contribution in [1.82, 2.24) is 0 Å². The minimum atomic E-state index is -0.781. The van der Waals surface area contributed by atoms with E-state index in [9.17, 15) is 24.8 Å². The lowest BCUT2D eigenvalue weighted by Crippen LogP contribution is -2.23. The number of nitro benzene ring substituents is 1. The third-order valence-corrected chi connectivity index (χ3v) is 3.38. The summed E-state index contributed by atoms with van der Waals surface area (Å²) in [5.41, 5.74) is 4.37. The van der Waals surface area contributed by atoms with E-state index in [4.69, 9.17) is 5.73 Å². The third-order valence-electron chi connectivity index (χ3n) is 3.38. The molecule has 0 atom stereocenters. The van der Waals surface area contributed by atoms with Crippen molar-refractivity contribution in [1.29, 1.82) is 0 Å². The molecule has 0 unspecified atom stereocenters. The summed E-state index contributed by atoms with van der Waals surface area (Å²) >= 11 is 0. The molecule has 0 aliphatic heterocycles. The fourth-order valence-electron chi connectivity index (χ4n) is 2.46. The maximum atomic E-state index is 12.5. The van der Waals surface area contributed by atoms with Gasteiger partial charge in [-0.2, -0.15) is 0 Å². The minimum absolute atomic E-state index is 0.0112. The zero-order valence-electron chi connectivity index (χ0n) is 10.5. The Morgan fingerprint density at radius 3 is 2.38 bits per heavy atom. The molecule has 2 aromatic rings. The zero-order chi connectivity index (χ0) is 15.3. The molecule has 0 spiro atoms. The summed E-state index contributed by atoms with van der Waals surface area (Å²) in [6, 6.07) is 6.32. The highest BCUT2D eigenvalue weighted by Crippen LogP contribution is 2.38. The molecule has 7 heteroatoms. The molecule has 0 amide bonds. The molecule has 104 valence electrons. The Bertz CT molecular complexity index is 841. The number of carbonyl (C=O) groups is 2. The number of ketones is 2. The number of nitrogen functional groups attached to an aromatic ring is 1. The molecule has 0 heterocycles. The van der Waals surface area contributed by atoms with E-state index in [1.165, 1.54) is 24.3 Å². The van der Waals surface area contributed by atoms with E-state index in [0.717, 1.165) is 6.07 Å². The number of anilines is 1. The molecule has 3 rings (SSSR count). The zero-order valence-corrected chi connectivity index (χ0v) is 10.5. The van der Waals surface area contributed by atoms with Crippen LogP contribution in [0.2, 0.25) is 0 Å². The molecule has 2 aromatic carbocycles. The molecule has 0 bridgehead atoms. The summed E-state index contributed by atoms with van der Waals surface area (Å²) in [4.78, 5) is 35.2. The van der Waals surface area contributed by atoms with Crippen molar-refractivity contribution in [3.8, 4) is 5.75 Å². The maximum Gasteiger partial charge on any atom is 0.281 e. The van der Waals surface area contributed by atoms with Crippen LogP contribution in [0.1, 0.15) is 31.8 Å². The standard InChI is InChI=1S/C14H8N2O5/c15-7-4-5-8(16(20)21)12-11(7)13(18)6-2-1-3-9(17)10(6)14(12)19/h1-5,17H,15H2. The number of phenolic OH excluding ortho intramolecular Hbond substituents is 1. The van der Waals surface area contributed by atoms with Gasteiger partial charge in [0.2, 0.25) is 5.78 Å². The number of nitrogens with two attached hydrogens (primary N) is 1. The molecule has 1 aliphatic carbocycles. The van der Waals surface area contributed by atoms with Gasteiger partial charge in [-0.05, 0) is 12.1 Å². The summed E-state index contributed by atoms with van der Waals surface area (Å²) in [7, 11) is 0. The van der Waals surface area contributed by atoms with E-state index < -0.39 is 27.9 Å². The quantitative estimate of drug-likeness (QED) is 0.398. The molecular formula is C14H8N2O5. The second kappa shape index (κ2) is 4.14. The highest BCUT2D eigenvalue weighted by molar-refractivity contribution is 6.32. The number of fused-ring (bicyclic) bond motifs is 2. The van der Waals surface area contributed by atoms with Crippen LogP contribution in [0.25, 0.3) is 0 Å². The van der Waals surface area contributed by atoms with Gasteiger partial charge in [-0.1, -0.05) is 12.1 Å². The van der Waals surface area contributed by atoms with Crippen LogP contribution in [0.3, 0.4) is 0 Å². The molecule has 0 saturated carbocycles. The molecule has 0 fully saturated rings. The fraction of sp³-hybridized carbons (Fsp3) is 0. The van der Waals surface area contributed by atoms with Gasteiger partial charge in [0, 0.05) is 17.3 Å². The summed E-state index contributed by atoms with van der Waals surface area (Å²) in [6.45, 7) is 0. The van der Waals surface area contributed by atoms with Crippen molar-refractivity contribution in [3.05, 3.63) is 62.7 Å². The monoisotopic (exact) mass is 284 g/mol. The Morgan fingerprint density at radius 1 is 1.00 bits per heavy atom. The van der Waals surface area contributed by atoms with Crippen LogP contribution in [-0.4, -0.2) is 21.6 Å². The summed E-state index contributed by atoms with van der Waals surface area (Å²) in [5.74, 6) is -1.79. The van der Waals surface area contributed by atoms with Gasteiger partial charge >= 0.3 is 0 Å². The van der Waals surface area contributed by atoms with Crippen LogP contribution < -0.4 is 5.73 Å². The van der Waals surface area contributed by atoms with Crippen LogP contribution in [0.15, 0.2) is 30.3 Å². The molecule has 0 aromatic heterocycles. The first-order valence-corrected chi connectivity index (χ1v) is 5.91. The largest absolute Gasteiger partial charge is 0.507 e. The van der Waals surface area contributed by atoms with Crippen LogP contribution in [0.5, 0.6) is 5.75 Å². The lowest BCUT2D eigenvalue weighted by molar-refractivity contribution is -0.385. The average molecular weight is 284 g/mol. The Hall–Kier alpha value is -3.22. The molecular weight excluding hydrogens is 276 g/mol. The second-order valence-corrected chi connectivity index (χ2v) is 4.54. The number of hydrogen-bond acceptors (Lipinski definition) is 6. The number of nitro groups is 1. The van der Waals surface area contributed by atoms with Crippen molar-refractivity contribution in [2.45, 2.75) is 0 Å². The first kappa shape index (κ1) is 12.8. The number of nitrogens with zero attached hydrogens (tertiary/aromatic N) is 1. The summed E-state index contributed by atoms with van der Waals surface area (Å²) in [6.07, 6.45) is 0. The third kappa shape index (κ3) is 1.61. The van der Waals surface area contributed by atoms with E-state index in [0.29, 0.717) is 0 Å². The van der Waals surface area contributed by atoms with Crippen molar-refractivity contribution in [2.75, 3.05) is 5.73 Å². The fourth-order valence-corrected chi connectivity index (χ4v) is 2.46. The number of aromatic hydroxyl groups is 1. The molecule has 0 radical (unpaired) electrons. The van der Waals surface area contributed by atoms with Crippen molar-refractivity contribution < 1.29 is 19.6 Å². The average Bonchev–Trinajstić information content (AvgIpc) is 2.44. The Balaban J connectivity index is 2.44. The second-order valence-electron chi connectivity index (χ2n) is 4.54. The predicted molar refractivity (Wildman–Crippen MR) is 72.5 cm³/mol. The molecule has 3 N–H and O–H groups in total. The topological polar surface area (TPSA) is 124 Å². The first-order chi connectivity index (χ1) is 9.93. The Kier molecular flexibility index (Phi) is 2.52. The van der Waals surface area contributed by atoms with Gasteiger partial charge in [0.15, 0.2) is 5.78 Å². The summed E-state index contributed by atoms with van der Waals surface area (Å²) in [5, 5.41) is 20.9. The molecule has 21 heavy (non-hydrogen) atoms. The van der Waals surface area contributed by atoms with Gasteiger partial charge in [0.05, 0.1) is 16.1 Å². The Morgan fingerprint density at radius 2 is 1.71 bits per heavy atom. The van der Waals surface area contributed by atoms with Crippen LogP contribution in [0, 0.1) is 10.1 Å². The van der Waals surface area contributed by atoms with E-state index >= 15 is 0 Å². The van der Waals surface area contributed by atoms with Crippen molar-refractivity contribution >= 4 is 22.9 Å². The van der Waals surface area contributed by atoms with Crippen molar-refractivity contribution in [2.24, 2.45) is 0 Å². The normalized spacial score (nSPS) is 12.8. The van der Waals surface area contributed by atoms with Crippen LogP contribution >= 0.6 is 0 Å². The van der Waals surface area contributed by atoms with Gasteiger partial charge in [-0.25, -0.2) is 0 Å². The molecule has 0 saturated heterocycles. The van der Waals surface area contributed by atoms with Gasteiger partial charge in [-0.15, -0.1) is 0 Å². The minimum Gasteiger partial charge on any atom is -0.507 e. The smallest absolute Gasteiger partial charge is 0.281 e. The van der Waals surface area contributed by atoms with E-state index in [2.05, 4.69) is 0 Å². The molecule has 7 nitrogen and oxygen atoms in total. The lowest BCUT2D eigenvalue weighted by atomic mass is 9.82. The van der Waals surface area contributed by atoms with Gasteiger partial charge in [0.1, 0.15) is 11.3 Å². The summed E-state index contributed by atoms with van der Waals surface area (Å²) < 4.78 is 0. The number of phenols is 1. The first-order valence-electron chi connectivity index (χ1n) is 5.91. The number of benzene rings is 2. The highest BCUT2D eigenvalue weighted by Gasteiger charge is 2.38. The van der Waals surface area contributed by atoms with Gasteiger partial charge in [-0.3, -0.25) is 19.7 Å². The van der Waals surface area contributed by atoms with E-state index in [1.54, 1.807) is 0 Å². The highest BCUT2D eigenvalue weighted by atomic mass is 16.6. The maximum absolute atomic E-state index is 12.5. The number of rotatable bonds is 1.